The number of fused-ring (bicyclic) bond motifs is 3. The third kappa shape index (κ3) is 2.78. The third-order valence-electron chi connectivity index (χ3n) is 7.29. The molecule has 4 rings (SSSR count). The first kappa shape index (κ1) is 23.4. The summed E-state index contributed by atoms with van der Waals surface area (Å²) in [5, 5.41) is 44.1. The number of primary amides is 1. The number of carbonyl (C=O) groups is 4. The smallest absolute Gasteiger partial charge is 0.255 e. The Kier molecular flexibility index (Phi) is 5.03. The predicted molar refractivity (Wildman–Crippen MR) is 113 cm³/mol. The molecule has 1 fully saturated rings. The molecule has 0 spiro atoms. The number of nitrogens with zero attached hydrogens (tertiary/aromatic N) is 1. The number of phenols is 1. The Bertz CT molecular complexity index is 1170. The molecule has 6 N–H and O–H groups in total. The quantitative estimate of drug-likeness (QED) is 0.284. The Hall–Kier alpha value is -2.79. The summed E-state index contributed by atoms with van der Waals surface area (Å²) in [6, 6.07) is 1.19. The van der Waals surface area contributed by atoms with Gasteiger partial charge in [0.15, 0.2) is 23.0 Å². The number of halogens is 1. The summed E-state index contributed by atoms with van der Waals surface area (Å²) in [6.07, 6.45) is -0.262. The molecule has 0 radical (unpaired) electrons. The molecule has 6 atom stereocenters. The number of benzene rings is 1. The molecular weight excluding hydrogens is 456 g/mol. The third-order valence-corrected chi connectivity index (χ3v) is 7.61. The van der Waals surface area contributed by atoms with Crippen LogP contribution in [-0.4, -0.2) is 74.3 Å². The second kappa shape index (κ2) is 7.10. The fourth-order valence-electron chi connectivity index (χ4n) is 5.81. The number of amides is 1. The Labute approximate surface area is 193 Å². The molecule has 1 unspecified atom stereocenters. The number of ketones is 3. The lowest BCUT2D eigenvalue weighted by Crippen LogP contribution is -2.69. The average Bonchev–Trinajstić information content (AvgIpc) is 2.69. The first-order chi connectivity index (χ1) is 15.2. The summed E-state index contributed by atoms with van der Waals surface area (Å²) in [5.74, 6) is -10.2. The molecule has 0 aromatic heterocycles. The van der Waals surface area contributed by atoms with Gasteiger partial charge in [-0.2, -0.15) is 0 Å². The minimum atomic E-state index is -2.79. The van der Waals surface area contributed by atoms with E-state index in [1.54, 1.807) is 0 Å². The molecule has 1 aromatic carbocycles. The van der Waals surface area contributed by atoms with E-state index in [2.05, 4.69) is 0 Å². The van der Waals surface area contributed by atoms with Gasteiger partial charge in [0.25, 0.3) is 5.91 Å². The van der Waals surface area contributed by atoms with E-state index >= 15 is 0 Å². The van der Waals surface area contributed by atoms with Gasteiger partial charge in [-0.15, -0.1) is 0 Å². The van der Waals surface area contributed by atoms with Crippen LogP contribution in [0.25, 0.3) is 0 Å². The lowest BCUT2D eigenvalue weighted by atomic mass is 9.51. The van der Waals surface area contributed by atoms with E-state index in [4.69, 9.17) is 17.3 Å². The minimum Gasteiger partial charge on any atom is -0.508 e. The van der Waals surface area contributed by atoms with Crippen LogP contribution < -0.4 is 5.73 Å². The van der Waals surface area contributed by atoms with Crippen molar-refractivity contribution < 1.29 is 39.6 Å². The van der Waals surface area contributed by atoms with Crippen molar-refractivity contribution in [3.05, 3.63) is 39.6 Å². The molecule has 0 aliphatic heterocycles. The Balaban J connectivity index is 2.01. The minimum absolute atomic E-state index is 0.00415. The van der Waals surface area contributed by atoms with Crippen molar-refractivity contribution in [1.29, 1.82) is 0 Å². The van der Waals surface area contributed by atoms with Gasteiger partial charge < -0.3 is 26.2 Å². The standard InChI is InChI=1S/C22H23ClN2O8/c1-21(32)7-6-8-15(25(2)3)17(28)13(20(24)31)19(30)22(8,33)18(29)11(7)16(27)12-10(26)5-4-9(23)14(12)21/h4-5,7-8,11,15,26,30,32-33H,6H2,1-3H3,(H2,24,31)/t7-,8-,11?,15-,21-,22-/m0/s1. The van der Waals surface area contributed by atoms with Crippen LogP contribution in [0.3, 0.4) is 0 Å². The highest BCUT2D eigenvalue weighted by Crippen LogP contribution is 2.57. The van der Waals surface area contributed by atoms with Crippen LogP contribution in [0.2, 0.25) is 5.02 Å². The van der Waals surface area contributed by atoms with Crippen LogP contribution in [-0.2, 0) is 20.0 Å². The molecule has 0 saturated heterocycles. The Morgan fingerprint density at radius 2 is 1.73 bits per heavy atom. The van der Waals surface area contributed by atoms with Crippen molar-refractivity contribution in [1.82, 2.24) is 4.90 Å². The molecule has 1 amide bonds. The lowest BCUT2D eigenvalue weighted by Gasteiger charge is -2.54. The molecule has 1 aromatic rings. The van der Waals surface area contributed by atoms with E-state index in [1.807, 2.05) is 0 Å². The van der Waals surface area contributed by atoms with Gasteiger partial charge in [-0.25, -0.2) is 0 Å². The van der Waals surface area contributed by atoms with Gasteiger partial charge in [0.1, 0.15) is 17.1 Å². The summed E-state index contributed by atoms with van der Waals surface area (Å²) in [4.78, 5) is 53.5. The van der Waals surface area contributed by atoms with Crippen molar-refractivity contribution in [2.24, 2.45) is 23.5 Å². The SMILES string of the molecule is CN(C)[C@@H]1C(=O)C(C(N)=O)=C(O)[C@@]2(O)C(=O)C3C(=O)c4c(O)ccc(Cl)c4[C@@](C)(O)[C@H]3C[C@@H]12. The molecule has 1 saturated carbocycles. The van der Waals surface area contributed by atoms with Crippen molar-refractivity contribution >= 4 is 34.9 Å². The molecule has 176 valence electrons. The summed E-state index contributed by atoms with van der Waals surface area (Å²) in [5.41, 5.74) is -0.772. The molecule has 0 heterocycles. The second-order valence-corrected chi connectivity index (χ2v) is 9.65. The van der Waals surface area contributed by atoms with E-state index in [0.29, 0.717) is 0 Å². The summed E-state index contributed by atoms with van der Waals surface area (Å²) >= 11 is 6.26. The highest BCUT2D eigenvalue weighted by atomic mass is 35.5. The molecule has 0 bridgehead atoms. The van der Waals surface area contributed by atoms with Gasteiger partial charge >= 0.3 is 0 Å². The average molecular weight is 479 g/mol. The number of likely N-dealkylation sites (N-methyl/N-ethyl adjacent to an activating group) is 1. The number of carbonyl (C=O) groups excluding carboxylic acids is 4. The van der Waals surface area contributed by atoms with Crippen LogP contribution in [0.1, 0.15) is 29.3 Å². The summed E-state index contributed by atoms with van der Waals surface area (Å²) in [7, 11) is 2.96. The van der Waals surface area contributed by atoms with Crippen LogP contribution in [0.4, 0.5) is 0 Å². The van der Waals surface area contributed by atoms with Crippen molar-refractivity contribution in [3.63, 3.8) is 0 Å². The number of Topliss-reactive ketones (excluding diaryl/α,β-unsaturated/α-hetero) is 3. The highest BCUT2D eigenvalue weighted by Gasteiger charge is 2.69. The van der Waals surface area contributed by atoms with Gasteiger partial charge in [0.2, 0.25) is 0 Å². The summed E-state index contributed by atoms with van der Waals surface area (Å²) in [6.45, 7) is 1.33. The van der Waals surface area contributed by atoms with Gasteiger partial charge in [0, 0.05) is 22.4 Å². The van der Waals surface area contributed by atoms with Gasteiger partial charge in [-0.05, 0) is 39.6 Å². The normalized spacial score (nSPS) is 35.9. The number of aliphatic hydroxyl groups excluding tert-OH is 1. The maximum absolute atomic E-state index is 13.7. The maximum atomic E-state index is 13.7. The van der Waals surface area contributed by atoms with E-state index in [1.165, 1.54) is 32.0 Å². The Morgan fingerprint density at radius 1 is 1.12 bits per heavy atom. The zero-order chi connectivity index (χ0) is 24.8. The fourth-order valence-corrected chi connectivity index (χ4v) is 6.16. The molecule has 3 aliphatic carbocycles. The summed E-state index contributed by atoms with van der Waals surface area (Å²) < 4.78 is 0. The van der Waals surface area contributed by atoms with Crippen LogP contribution in [0, 0.1) is 17.8 Å². The van der Waals surface area contributed by atoms with E-state index in [-0.39, 0.29) is 22.6 Å². The molecule has 11 heteroatoms. The van der Waals surface area contributed by atoms with Crippen molar-refractivity contribution in [2.45, 2.75) is 30.6 Å². The number of hydrogen-bond acceptors (Lipinski definition) is 9. The predicted octanol–water partition coefficient (Wildman–Crippen LogP) is -0.188. The number of phenolic OH excluding ortho intramolecular Hbond substituents is 1. The van der Waals surface area contributed by atoms with Crippen LogP contribution in [0.15, 0.2) is 23.5 Å². The number of aliphatic hydroxyl groups is 3. The second-order valence-electron chi connectivity index (χ2n) is 9.25. The number of nitrogens with two attached hydrogens (primary N) is 1. The van der Waals surface area contributed by atoms with E-state index in [0.717, 1.165) is 6.07 Å². The van der Waals surface area contributed by atoms with E-state index < -0.39 is 75.3 Å². The zero-order valence-corrected chi connectivity index (χ0v) is 18.8. The molecule has 10 nitrogen and oxygen atoms in total. The van der Waals surface area contributed by atoms with Gasteiger partial charge in [-0.3, -0.25) is 24.1 Å². The molecule has 33 heavy (non-hydrogen) atoms. The molecular formula is C22H23ClN2O8. The van der Waals surface area contributed by atoms with Crippen molar-refractivity contribution in [3.8, 4) is 5.75 Å². The van der Waals surface area contributed by atoms with Crippen molar-refractivity contribution in [2.75, 3.05) is 14.1 Å². The number of rotatable bonds is 2. The zero-order valence-electron chi connectivity index (χ0n) is 18.0. The topological polar surface area (TPSA) is 178 Å². The van der Waals surface area contributed by atoms with E-state index in [9.17, 15) is 39.6 Å². The van der Waals surface area contributed by atoms with Crippen LogP contribution >= 0.6 is 11.6 Å². The maximum Gasteiger partial charge on any atom is 0.255 e. The largest absolute Gasteiger partial charge is 0.508 e. The van der Waals surface area contributed by atoms with Gasteiger partial charge in [-0.1, -0.05) is 11.6 Å². The fraction of sp³-hybridized carbons (Fsp3) is 0.455. The Morgan fingerprint density at radius 3 is 2.27 bits per heavy atom. The number of hydrogen-bond donors (Lipinski definition) is 5. The number of aromatic hydroxyl groups is 1. The van der Waals surface area contributed by atoms with Gasteiger partial charge in [0.05, 0.1) is 23.1 Å². The highest BCUT2D eigenvalue weighted by molar-refractivity contribution is 6.33. The first-order valence-electron chi connectivity index (χ1n) is 10.2. The van der Waals surface area contributed by atoms with Crippen LogP contribution in [0.5, 0.6) is 5.75 Å². The lowest BCUT2D eigenvalue weighted by molar-refractivity contribution is -0.174. The molecule has 3 aliphatic rings. The first-order valence-corrected chi connectivity index (χ1v) is 10.6. The monoisotopic (exact) mass is 478 g/mol.